The number of hydrogen-bond donors (Lipinski definition) is 2. The number of alkyl halides is 6. The molecule has 1 amide bonds. The van der Waals surface area contributed by atoms with E-state index in [1.54, 1.807) is 19.1 Å². The van der Waals surface area contributed by atoms with Crippen LogP contribution < -0.4 is 9.80 Å². The molecule has 5 rings (SSSR count). The molecule has 2 aromatic carbocycles. The van der Waals surface area contributed by atoms with Crippen LogP contribution in [0.2, 0.25) is 0 Å². The van der Waals surface area contributed by atoms with Crippen LogP contribution in [0.25, 0.3) is 11.1 Å². The van der Waals surface area contributed by atoms with Crippen LogP contribution in [0.1, 0.15) is 62.3 Å². The van der Waals surface area contributed by atoms with Crippen molar-refractivity contribution < 1.29 is 45.4 Å². The second kappa shape index (κ2) is 15.9. The predicted octanol–water partition coefficient (Wildman–Crippen LogP) is 8.92. The van der Waals surface area contributed by atoms with Gasteiger partial charge in [0.1, 0.15) is 16.6 Å². The fraction of sp³-hybridized carbons (Fsp3) is 0.500. The SMILES string of the molecule is CC(S)CO.Cc1cc(F)ccc1-c1cc(N2CCC3(CC2)OCCCS3)ncc1N(C)C(=O)C(C)(C)c1cc(C(F)(F)F)cc(C(F)(F)F)c1. The van der Waals surface area contributed by atoms with Crippen molar-refractivity contribution in [2.75, 3.05) is 48.9 Å². The molecule has 3 heterocycles. The lowest BCUT2D eigenvalue weighted by molar-refractivity contribution is -0.143. The van der Waals surface area contributed by atoms with Gasteiger partial charge < -0.3 is 19.6 Å². The number of amides is 1. The van der Waals surface area contributed by atoms with Gasteiger partial charge in [-0.15, -0.1) is 11.8 Å². The Kier molecular flexibility index (Phi) is 12.7. The second-order valence-corrected chi connectivity index (χ2v) is 15.6. The first-order chi connectivity index (χ1) is 23.7. The van der Waals surface area contributed by atoms with E-state index < -0.39 is 46.2 Å². The number of rotatable bonds is 6. The first-order valence-corrected chi connectivity index (χ1v) is 17.9. The number of hydrogen-bond acceptors (Lipinski definition) is 7. The number of aliphatic hydroxyl groups excluding tert-OH is 1. The molecule has 1 spiro atoms. The van der Waals surface area contributed by atoms with Crippen molar-refractivity contribution in [1.82, 2.24) is 4.98 Å². The molecule has 0 saturated carbocycles. The third kappa shape index (κ3) is 9.71. The van der Waals surface area contributed by atoms with Crippen molar-refractivity contribution in [2.45, 2.75) is 74.9 Å². The summed E-state index contributed by atoms with van der Waals surface area (Å²) in [5.41, 5.74) is -3.34. The number of carbonyl (C=O) groups excluding carboxylic acids is 1. The van der Waals surface area contributed by atoms with E-state index in [4.69, 9.17) is 9.84 Å². The molecule has 280 valence electrons. The van der Waals surface area contributed by atoms with Gasteiger partial charge in [0.05, 0.1) is 35.0 Å². The number of benzene rings is 2. The highest BCUT2D eigenvalue weighted by Crippen LogP contribution is 2.44. The zero-order valence-corrected chi connectivity index (χ0v) is 30.7. The molecule has 2 saturated heterocycles. The van der Waals surface area contributed by atoms with Gasteiger partial charge in [-0.1, -0.05) is 13.0 Å². The number of thiol groups is 1. The molecule has 0 radical (unpaired) electrons. The number of piperidine rings is 1. The monoisotopic (exact) mass is 761 g/mol. The van der Waals surface area contributed by atoms with Crippen LogP contribution in [0, 0.1) is 12.7 Å². The molecular weight excluding hydrogens is 720 g/mol. The maximum atomic E-state index is 14.1. The van der Waals surface area contributed by atoms with E-state index in [1.807, 2.05) is 18.7 Å². The van der Waals surface area contributed by atoms with Gasteiger partial charge in [-0.05, 0) is 86.0 Å². The Morgan fingerprint density at radius 1 is 1.02 bits per heavy atom. The zero-order chi connectivity index (χ0) is 37.9. The molecule has 0 aliphatic carbocycles. The number of anilines is 2. The van der Waals surface area contributed by atoms with Gasteiger partial charge in [0.25, 0.3) is 0 Å². The first-order valence-electron chi connectivity index (χ1n) is 16.3. The van der Waals surface area contributed by atoms with Crippen molar-refractivity contribution in [3.8, 4) is 11.1 Å². The Morgan fingerprint density at radius 3 is 2.08 bits per heavy atom. The first kappa shape index (κ1) is 40.8. The number of aromatic nitrogens is 1. The average molecular weight is 762 g/mol. The van der Waals surface area contributed by atoms with Gasteiger partial charge in [-0.2, -0.15) is 39.0 Å². The lowest BCUT2D eigenvalue weighted by Crippen LogP contribution is -2.46. The number of aryl methyl sites for hydroxylation is 1. The van der Waals surface area contributed by atoms with Crippen LogP contribution in [0.3, 0.4) is 0 Å². The predicted molar refractivity (Wildman–Crippen MR) is 190 cm³/mol. The molecule has 3 aromatic rings. The third-order valence-electron chi connectivity index (χ3n) is 8.99. The zero-order valence-electron chi connectivity index (χ0n) is 29.0. The van der Waals surface area contributed by atoms with E-state index in [2.05, 4.69) is 22.5 Å². The Bertz CT molecular complexity index is 1650. The van der Waals surface area contributed by atoms with Crippen LogP contribution in [0.15, 0.2) is 48.7 Å². The summed E-state index contributed by atoms with van der Waals surface area (Å²) in [7, 11) is 1.39. The van der Waals surface area contributed by atoms with Crippen molar-refractivity contribution >= 4 is 41.8 Å². The Balaban J connectivity index is 0.00000109. The summed E-state index contributed by atoms with van der Waals surface area (Å²) in [6.45, 7) is 8.33. The maximum absolute atomic E-state index is 14.1. The molecule has 15 heteroatoms. The lowest BCUT2D eigenvalue weighted by Gasteiger charge is -2.43. The number of carbonyl (C=O) groups is 1. The number of pyridine rings is 1. The van der Waals surface area contributed by atoms with Gasteiger partial charge in [0, 0.05) is 50.4 Å². The molecule has 0 bridgehead atoms. The highest BCUT2D eigenvalue weighted by Gasteiger charge is 2.42. The van der Waals surface area contributed by atoms with E-state index in [1.165, 1.54) is 44.1 Å². The number of likely N-dealkylation sites (N-methyl/N-ethyl adjacent to an activating group) is 1. The third-order valence-corrected chi connectivity index (χ3v) is 10.7. The fourth-order valence-electron chi connectivity index (χ4n) is 5.97. The second-order valence-electron chi connectivity index (χ2n) is 13.3. The summed E-state index contributed by atoms with van der Waals surface area (Å²) in [5, 5.41) is 8.20. The van der Waals surface area contributed by atoms with Crippen molar-refractivity contribution in [3.05, 3.63) is 76.7 Å². The van der Waals surface area contributed by atoms with Crippen molar-refractivity contribution in [1.29, 1.82) is 0 Å². The number of ether oxygens (including phenoxy) is 1. The van der Waals surface area contributed by atoms with E-state index in [9.17, 15) is 35.5 Å². The van der Waals surface area contributed by atoms with Crippen LogP contribution in [-0.4, -0.2) is 65.3 Å². The van der Waals surface area contributed by atoms with Crippen LogP contribution in [0.4, 0.5) is 42.2 Å². The quantitative estimate of drug-likeness (QED) is 0.193. The minimum atomic E-state index is -5.07. The van der Waals surface area contributed by atoms with Crippen molar-refractivity contribution in [3.63, 3.8) is 0 Å². The molecule has 51 heavy (non-hydrogen) atoms. The Morgan fingerprint density at radius 2 is 1.59 bits per heavy atom. The van der Waals surface area contributed by atoms with Gasteiger partial charge in [-0.25, -0.2) is 9.37 Å². The molecule has 6 nitrogen and oxygen atoms in total. The summed E-state index contributed by atoms with van der Waals surface area (Å²) in [4.78, 5) is 21.7. The summed E-state index contributed by atoms with van der Waals surface area (Å²) in [5.74, 6) is 0.433. The fourth-order valence-corrected chi connectivity index (χ4v) is 7.24. The highest BCUT2D eigenvalue weighted by atomic mass is 32.2. The molecular formula is C36H42F7N3O3S2. The smallest absolute Gasteiger partial charge is 0.395 e. The largest absolute Gasteiger partial charge is 0.416 e. The molecule has 1 aromatic heterocycles. The van der Waals surface area contributed by atoms with Gasteiger partial charge in [0.2, 0.25) is 5.91 Å². The lowest BCUT2D eigenvalue weighted by atomic mass is 9.81. The standard InChI is InChI=1S/C33H34F7N3O2S.C3H8OS/c1-20-14-24(34)6-7-25(20)26-18-28(43-10-8-31(9-11-43)45-12-5-13-46-31)41-19-27(26)42(4)29(44)30(2,3)21-15-22(32(35,36)37)17-23(16-21)33(38,39)40;1-3(5)2-4/h6-7,14-19H,5,8-13H2,1-4H3;3-5H,2H2,1H3. The van der Waals surface area contributed by atoms with Crippen molar-refractivity contribution in [2.24, 2.45) is 0 Å². The summed E-state index contributed by atoms with van der Waals surface area (Å²) in [6, 6.07) is 7.15. The topological polar surface area (TPSA) is 65.9 Å². The van der Waals surface area contributed by atoms with E-state index >= 15 is 0 Å². The number of halogens is 7. The molecule has 2 aliphatic rings. The maximum Gasteiger partial charge on any atom is 0.416 e. The number of aliphatic hydroxyl groups is 1. The minimum absolute atomic E-state index is 0.0351. The molecule has 2 aliphatic heterocycles. The minimum Gasteiger partial charge on any atom is -0.395 e. The van der Waals surface area contributed by atoms with E-state index in [0.29, 0.717) is 47.7 Å². The molecule has 1 atom stereocenters. The summed E-state index contributed by atoms with van der Waals surface area (Å²) < 4.78 is 102. The van der Waals surface area contributed by atoms with Crippen LogP contribution >= 0.6 is 24.4 Å². The molecule has 1 unspecified atom stereocenters. The van der Waals surface area contributed by atoms with Crippen LogP contribution in [-0.2, 0) is 27.3 Å². The normalized spacial score (nSPS) is 17.1. The molecule has 1 N–H and O–H groups in total. The number of thioether (sulfide) groups is 1. The van der Waals surface area contributed by atoms with Gasteiger partial charge in [-0.3, -0.25) is 4.79 Å². The summed E-state index contributed by atoms with van der Waals surface area (Å²) in [6.07, 6.45) is -6.08. The van der Waals surface area contributed by atoms with E-state index in [-0.39, 0.29) is 28.5 Å². The average Bonchev–Trinajstić information content (AvgIpc) is 3.07. The van der Waals surface area contributed by atoms with Crippen LogP contribution in [0.5, 0.6) is 0 Å². The van der Waals surface area contributed by atoms with Gasteiger partial charge in [0.15, 0.2) is 0 Å². The summed E-state index contributed by atoms with van der Waals surface area (Å²) >= 11 is 5.68. The molecule has 2 fully saturated rings. The number of nitrogens with zero attached hydrogens (tertiary/aromatic N) is 3. The van der Waals surface area contributed by atoms with E-state index in [0.717, 1.165) is 31.6 Å². The highest BCUT2D eigenvalue weighted by molar-refractivity contribution is 8.00. The Hall–Kier alpha value is -3.01. The van der Waals surface area contributed by atoms with Gasteiger partial charge >= 0.3 is 12.4 Å². The Labute approximate surface area is 303 Å².